The highest BCUT2D eigenvalue weighted by atomic mass is 19.2. The van der Waals surface area contributed by atoms with Crippen LogP contribution in [0, 0.1) is 22.9 Å². The summed E-state index contributed by atoms with van der Waals surface area (Å²) in [6, 6.07) is 0.980. The van der Waals surface area contributed by atoms with Crippen LogP contribution in [0.5, 0.6) is 0 Å². The molecule has 1 saturated carbocycles. The molecule has 0 radical (unpaired) electrons. The Morgan fingerprint density at radius 2 is 1.88 bits per heavy atom. The minimum Gasteiger partial charge on any atom is -0.392 e. The van der Waals surface area contributed by atoms with Gasteiger partial charge in [-0.15, -0.1) is 0 Å². The van der Waals surface area contributed by atoms with E-state index in [1.54, 1.807) is 0 Å². The third kappa shape index (κ3) is 2.69. The van der Waals surface area contributed by atoms with Crippen molar-refractivity contribution in [1.29, 1.82) is 0 Å². The smallest absolute Gasteiger partial charge is 0.256 e. The number of nitrogens with zero attached hydrogens (tertiary/aromatic N) is 1. The van der Waals surface area contributed by atoms with E-state index in [9.17, 15) is 23.1 Å². The molecule has 2 atom stereocenters. The number of likely N-dealkylation sites (tertiary alicyclic amines) is 1. The van der Waals surface area contributed by atoms with Crippen LogP contribution in [-0.4, -0.2) is 47.8 Å². The summed E-state index contributed by atoms with van der Waals surface area (Å²) < 4.78 is 45.7. The molecule has 0 bridgehead atoms. The number of rotatable bonds is 3. The monoisotopic (exact) mass is 343 g/mol. The van der Waals surface area contributed by atoms with Gasteiger partial charge < -0.3 is 14.7 Å². The van der Waals surface area contributed by atoms with E-state index in [1.807, 2.05) is 6.92 Å². The van der Waals surface area contributed by atoms with Gasteiger partial charge in [0.1, 0.15) is 5.82 Å². The molecule has 2 unspecified atom stereocenters. The largest absolute Gasteiger partial charge is 0.392 e. The van der Waals surface area contributed by atoms with E-state index in [0.717, 1.165) is 0 Å². The second-order valence-corrected chi connectivity index (χ2v) is 6.47. The molecule has 3 rings (SSSR count). The zero-order valence-corrected chi connectivity index (χ0v) is 13.4. The van der Waals surface area contributed by atoms with E-state index in [4.69, 9.17) is 4.74 Å². The molecule has 7 heteroatoms. The van der Waals surface area contributed by atoms with Crippen molar-refractivity contribution >= 4 is 5.91 Å². The van der Waals surface area contributed by atoms with Gasteiger partial charge in [0.25, 0.3) is 5.91 Å². The summed E-state index contributed by atoms with van der Waals surface area (Å²) in [4.78, 5) is 13.8. The Morgan fingerprint density at radius 1 is 1.25 bits per heavy atom. The lowest BCUT2D eigenvalue weighted by molar-refractivity contribution is -0.207. The van der Waals surface area contributed by atoms with E-state index < -0.39 is 35.0 Å². The molecule has 1 aromatic carbocycles. The molecule has 4 nitrogen and oxygen atoms in total. The maximum Gasteiger partial charge on any atom is 0.256 e. The Morgan fingerprint density at radius 3 is 2.46 bits per heavy atom. The van der Waals surface area contributed by atoms with Gasteiger partial charge >= 0.3 is 0 Å². The summed E-state index contributed by atoms with van der Waals surface area (Å²) in [7, 11) is 0. The molecule has 1 aromatic rings. The number of hydrogen-bond donors (Lipinski definition) is 1. The number of piperidine rings is 1. The maximum absolute atomic E-state index is 13.8. The number of hydrogen-bond acceptors (Lipinski definition) is 3. The van der Waals surface area contributed by atoms with Crippen molar-refractivity contribution in [3.63, 3.8) is 0 Å². The molecule has 132 valence electrons. The van der Waals surface area contributed by atoms with Crippen LogP contribution in [0.1, 0.15) is 36.5 Å². The quantitative estimate of drug-likeness (QED) is 0.858. The summed E-state index contributed by atoms with van der Waals surface area (Å²) in [5, 5.41) is 10.1. The van der Waals surface area contributed by atoms with Gasteiger partial charge in [0.05, 0.1) is 17.8 Å². The summed E-state index contributed by atoms with van der Waals surface area (Å²) in [5.74, 6) is -4.31. The van der Waals surface area contributed by atoms with Crippen molar-refractivity contribution in [2.24, 2.45) is 5.41 Å². The van der Waals surface area contributed by atoms with Crippen molar-refractivity contribution in [2.45, 2.75) is 38.4 Å². The van der Waals surface area contributed by atoms with Crippen molar-refractivity contribution in [2.75, 3.05) is 19.7 Å². The molecule has 1 N–H and O–H groups in total. The van der Waals surface area contributed by atoms with Gasteiger partial charge in [-0.3, -0.25) is 4.79 Å². The summed E-state index contributed by atoms with van der Waals surface area (Å²) in [5.41, 5.74) is -0.834. The predicted molar refractivity (Wildman–Crippen MR) is 79.9 cm³/mol. The number of ether oxygens (including phenoxy) is 1. The van der Waals surface area contributed by atoms with Crippen LogP contribution in [0.3, 0.4) is 0 Å². The topological polar surface area (TPSA) is 49.8 Å². The van der Waals surface area contributed by atoms with Crippen molar-refractivity contribution in [3.8, 4) is 0 Å². The van der Waals surface area contributed by atoms with Crippen LogP contribution in [-0.2, 0) is 4.74 Å². The fourth-order valence-electron chi connectivity index (χ4n) is 3.80. The predicted octanol–water partition coefficient (Wildman–Crippen LogP) is 2.50. The van der Waals surface area contributed by atoms with Crippen LogP contribution in [0.25, 0.3) is 0 Å². The highest BCUT2D eigenvalue weighted by molar-refractivity contribution is 5.94. The second-order valence-electron chi connectivity index (χ2n) is 6.47. The van der Waals surface area contributed by atoms with Gasteiger partial charge in [-0.05, 0) is 25.8 Å². The van der Waals surface area contributed by atoms with Gasteiger partial charge in [0, 0.05) is 37.6 Å². The van der Waals surface area contributed by atoms with E-state index in [0.29, 0.717) is 51.1 Å². The summed E-state index contributed by atoms with van der Waals surface area (Å²) >= 11 is 0. The number of aliphatic hydroxyl groups is 1. The number of carbonyl (C=O) groups is 1. The lowest BCUT2D eigenvalue weighted by Crippen LogP contribution is -2.62. The Bertz CT molecular complexity index is 642. The lowest BCUT2D eigenvalue weighted by atomic mass is 9.58. The fraction of sp³-hybridized carbons (Fsp3) is 0.588. The maximum atomic E-state index is 13.8. The Balaban J connectivity index is 1.71. The first-order valence-electron chi connectivity index (χ1n) is 8.12. The second kappa shape index (κ2) is 6.37. The molecular weight excluding hydrogens is 323 g/mol. The molecule has 1 aliphatic carbocycles. The summed E-state index contributed by atoms with van der Waals surface area (Å²) in [6.45, 7) is 3.08. The Hall–Kier alpha value is -1.60. The number of aliphatic hydroxyl groups excluding tert-OH is 1. The normalized spacial score (nSPS) is 25.6. The fourth-order valence-corrected chi connectivity index (χ4v) is 3.80. The van der Waals surface area contributed by atoms with Gasteiger partial charge in [0.2, 0.25) is 0 Å². The molecule has 0 aromatic heterocycles. The van der Waals surface area contributed by atoms with E-state index in [-0.39, 0.29) is 11.5 Å². The number of halogens is 3. The van der Waals surface area contributed by atoms with Crippen LogP contribution < -0.4 is 0 Å². The SMILES string of the molecule is CCOC1CC(O)C12CCN(C(=O)c1cc(F)c(F)cc1F)CC2. The minimum atomic E-state index is -1.32. The highest BCUT2D eigenvalue weighted by Gasteiger charge is 2.56. The average molecular weight is 343 g/mol. The van der Waals surface area contributed by atoms with E-state index in [1.165, 1.54) is 4.90 Å². The van der Waals surface area contributed by atoms with Gasteiger partial charge in [-0.2, -0.15) is 0 Å². The van der Waals surface area contributed by atoms with Gasteiger partial charge in [-0.25, -0.2) is 13.2 Å². The standard InChI is InChI=1S/C17H20F3NO3/c1-2-24-15-9-14(22)17(15)3-5-21(6-4-17)16(23)10-7-12(19)13(20)8-11(10)18/h7-8,14-15,22H,2-6,9H2,1H3. The molecule has 1 amide bonds. The van der Waals surface area contributed by atoms with E-state index in [2.05, 4.69) is 0 Å². The molecular formula is C17H20F3NO3. The number of benzene rings is 1. The van der Waals surface area contributed by atoms with Crippen LogP contribution in [0.2, 0.25) is 0 Å². The van der Waals surface area contributed by atoms with Crippen LogP contribution in [0.15, 0.2) is 12.1 Å². The van der Waals surface area contributed by atoms with Crippen LogP contribution in [0.4, 0.5) is 13.2 Å². The van der Waals surface area contributed by atoms with Crippen LogP contribution >= 0.6 is 0 Å². The highest BCUT2D eigenvalue weighted by Crippen LogP contribution is 2.51. The van der Waals surface area contributed by atoms with Gasteiger partial charge in [-0.1, -0.05) is 0 Å². The molecule has 2 aliphatic rings. The molecule has 1 heterocycles. The zero-order valence-electron chi connectivity index (χ0n) is 13.4. The number of amides is 1. The third-order valence-electron chi connectivity index (χ3n) is 5.33. The van der Waals surface area contributed by atoms with Gasteiger partial charge in [0.15, 0.2) is 11.6 Å². The Kier molecular flexibility index (Phi) is 4.57. The average Bonchev–Trinajstić information content (AvgIpc) is 2.57. The first kappa shape index (κ1) is 17.2. The number of carbonyl (C=O) groups excluding carboxylic acids is 1. The first-order valence-corrected chi connectivity index (χ1v) is 8.12. The molecule has 1 aliphatic heterocycles. The minimum absolute atomic E-state index is 0.0326. The third-order valence-corrected chi connectivity index (χ3v) is 5.33. The zero-order chi connectivity index (χ0) is 17.5. The van der Waals surface area contributed by atoms with Crippen molar-refractivity contribution in [3.05, 3.63) is 35.1 Å². The lowest BCUT2D eigenvalue weighted by Gasteiger charge is -2.56. The van der Waals surface area contributed by atoms with E-state index >= 15 is 0 Å². The molecule has 24 heavy (non-hydrogen) atoms. The molecule has 1 spiro atoms. The van der Waals surface area contributed by atoms with Crippen molar-refractivity contribution in [1.82, 2.24) is 4.90 Å². The Labute approximate surface area is 138 Å². The summed E-state index contributed by atoms with van der Waals surface area (Å²) in [6.07, 6.45) is 1.16. The first-order chi connectivity index (χ1) is 11.4. The molecule has 1 saturated heterocycles. The van der Waals surface area contributed by atoms with Crippen molar-refractivity contribution < 1.29 is 27.8 Å². The molecule has 2 fully saturated rings.